The maximum absolute atomic E-state index is 12.7. The van der Waals surface area contributed by atoms with Gasteiger partial charge in [0, 0.05) is 25.5 Å². The lowest BCUT2D eigenvalue weighted by molar-refractivity contribution is 0.0742. The highest BCUT2D eigenvalue weighted by atomic mass is 32.2. The van der Waals surface area contributed by atoms with Crippen molar-refractivity contribution in [2.75, 3.05) is 19.3 Å². The Morgan fingerprint density at radius 2 is 2.05 bits per heavy atom. The number of nitrogens with zero attached hydrogens (tertiary/aromatic N) is 3. The predicted octanol–water partition coefficient (Wildman–Crippen LogP) is 1.86. The van der Waals surface area contributed by atoms with Crippen LogP contribution >= 0.6 is 0 Å². The van der Waals surface area contributed by atoms with Gasteiger partial charge in [-0.25, -0.2) is 13.4 Å². The van der Waals surface area contributed by atoms with Gasteiger partial charge in [-0.2, -0.15) is 0 Å². The van der Waals surface area contributed by atoms with E-state index in [0.717, 1.165) is 6.26 Å². The molecule has 0 fully saturated rings. The second-order valence-corrected chi connectivity index (χ2v) is 7.62. The maximum atomic E-state index is 12.7. The van der Waals surface area contributed by atoms with Gasteiger partial charge in [-0.1, -0.05) is 19.9 Å². The van der Waals surface area contributed by atoms with E-state index in [2.05, 4.69) is 4.98 Å². The van der Waals surface area contributed by atoms with Crippen LogP contribution in [0.25, 0.3) is 5.52 Å². The van der Waals surface area contributed by atoms with Gasteiger partial charge in [-0.15, -0.1) is 0 Å². The van der Waals surface area contributed by atoms with Crippen molar-refractivity contribution in [3.05, 3.63) is 30.1 Å². The molecule has 0 saturated heterocycles. The van der Waals surface area contributed by atoms with Crippen molar-refractivity contribution in [3.8, 4) is 0 Å². The van der Waals surface area contributed by atoms with Gasteiger partial charge in [0.1, 0.15) is 0 Å². The van der Waals surface area contributed by atoms with Gasteiger partial charge in [-0.05, 0) is 25.0 Å². The normalized spacial score (nSPS) is 12.0. The van der Waals surface area contributed by atoms with Crippen LogP contribution in [0.5, 0.6) is 0 Å². The number of fused-ring (bicyclic) bond motifs is 1. The van der Waals surface area contributed by atoms with Crippen LogP contribution in [0.1, 0.15) is 31.3 Å². The third kappa shape index (κ3) is 3.14. The van der Waals surface area contributed by atoms with Gasteiger partial charge < -0.3 is 4.90 Å². The van der Waals surface area contributed by atoms with E-state index in [9.17, 15) is 13.2 Å². The van der Waals surface area contributed by atoms with Gasteiger partial charge in [0.05, 0.1) is 5.52 Å². The molecule has 6 nitrogen and oxygen atoms in total. The zero-order chi connectivity index (χ0) is 16.5. The highest BCUT2D eigenvalue weighted by Gasteiger charge is 2.25. The first-order valence-electron chi connectivity index (χ1n) is 7.22. The van der Waals surface area contributed by atoms with Crippen LogP contribution in [0.3, 0.4) is 0 Å². The van der Waals surface area contributed by atoms with Crippen LogP contribution in [0, 0.1) is 5.92 Å². The molecule has 0 N–H and O–H groups in total. The third-order valence-electron chi connectivity index (χ3n) is 3.30. The fourth-order valence-electron chi connectivity index (χ4n) is 2.37. The van der Waals surface area contributed by atoms with Crippen molar-refractivity contribution < 1.29 is 13.2 Å². The summed E-state index contributed by atoms with van der Waals surface area (Å²) in [6, 6.07) is 5.18. The van der Waals surface area contributed by atoms with Crippen LogP contribution in [-0.2, 0) is 9.84 Å². The molecule has 0 aromatic carbocycles. The molecule has 1 amide bonds. The summed E-state index contributed by atoms with van der Waals surface area (Å²) in [5.74, 6) is 0.0851. The summed E-state index contributed by atoms with van der Waals surface area (Å²) in [6.07, 6.45) is 2.70. The number of amides is 1. The molecule has 0 radical (unpaired) electrons. The molecule has 0 aliphatic rings. The van der Waals surface area contributed by atoms with Crippen LogP contribution in [0.15, 0.2) is 29.6 Å². The van der Waals surface area contributed by atoms with Crippen molar-refractivity contribution >= 4 is 21.3 Å². The summed E-state index contributed by atoms with van der Waals surface area (Å²) in [4.78, 5) is 18.5. The smallest absolute Gasteiger partial charge is 0.274 e. The molecular weight excluding hydrogens is 302 g/mol. The lowest BCUT2D eigenvalue weighted by Gasteiger charge is -2.22. The predicted molar refractivity (Wildman–Crippen MR) is 84.7 cm³/mol. The molecule has 0 bridgehead atoms. The van der Waals surface area contributed by atoms with E-state index in [1.807, 2.05) is 20.8 Å². The number of rotatable bonds is 5. The Morgan fingerprint density at radius 3 is 2.59 bits per heavy atom. The molecule has 0 unspecified atom stereocenters. The molecule has 120 valence electrons. The van der Waals surface area contributed by atoms with E-state index in [1.54, 1.807) is 29.3 Å². The highest BCUT2D eigenvalue weighted by Crippen LogP contribution is 2.19. The van der Waals surface area contributed by atoms with E-state index < -0.39 is 9.84 Å². The van der Waals surface area contributed by atoms with E-state index >= 15 is 0 Å². The van der Waals surface area contributed by atoms with Crippen LogP contribution in [-0.4, -0.2) is 48.0 Å². The lowest BCUT2D eigenvalue weighted by atomic mass is 10.2. The summed E-state index contributed by atoms with van der Waals surface area (Å²) >= 11 is 0. The zero-order valence-corrected chi connectivity index (χ0v) is 14.1. The second-order valence-electron chi connectivity index (χ2n) is 5.71. The summed E-state index contributed by atoms with van der Waals surface area (Å²) in [6.45, 7) is 7.12. The highest BCUT2D eigenvalue weighted by molar-refractivity contribution is 7.90. The molecule has 22 heavy (non-hydrogen) atoms. The van der Waals surface area contributed by atoms with Gasteiger partial charge in [-0.3, -0.25) is 9.20 Å². The Labute approximate surface area is 130 Å². The fourth-order valence-corrected chi connectivity index (χ4v) is 3.15. The molecule has 0 aliphatic carbocycles. The Kier molecular flexibility index (Phi) is 4.55. The standard InChI is InChI=1S/C15H21N3O3S/c1-5-17(10-11(2)3)14(19)13-12-8-6-7-9-18(12)15(16-13)22(4,20)21/h6-9,11H,5,10H2,1-4H3. The Hall–Kier alpha value is -1.89. The Bertz CT molecular complexity index is 793. The topological polar surface area (TPSA) is 71.8 Å². The van der Waals surface area contributed by atoms with E-state index in [4.69, 9.17) is 0 Å². The van der Waals surface area contributed by atoms with Crippen molar-refractivity contribution in [1.29, 1.82) is 0 Å². The first-order valence-corrected chi connectivity index (χ1v) is 9.11. The number of imidazole rings is 1. The Morgan fingerprint density at radius 1 is 1.36 bits per heavy atom. The monoisotopic (exact) mass is 323 g/mol. The number of sulfone groups is 1. The fraction of sp³-hybridized carbons (Fsp3) is 0.467. The minimum Gasteiger partial charge on any atom is -0.337 e. The SMILES string of the molecule is CCN(CC(C)C)C(=O)c1nc(S(C)(=O)=O)n2ccccc12. The number of carbonyl (C=O) groups is 1. The van der Waals surface area contributed by atoms with E-state index in [-0.39, 0.29) is 16.8 Å². The number of carbonyl (C=O) groups excluding carboxylic acids is 1. The van der Waals surface area contributed by atoms with Crippen LogP contribution < -0.4 is 0 Å². The minimum absolute atomic E-state index is 0.105. The van der Waals surface area contributed by atoms with Crippen molar-refractivity contribution in [2.24, 2.45) is 5.92 Å². The summed E-state index contributed by atoms with van der Waals surface area (Å²) < 4.78 is 25.2. The number of hydrogen-bond donors (Lipinski definition) is 0. The maximum Gasteiger partial charge on any atom is 0.274 e. The molecule has 2 aromatic rings. The number of aromatic nitrogens is 2. The van der Waals surface area contributed by atoms with Gasteiger partial charge in [0.2, 0.25) is 15.0 Å². The van der Waals surface area contributed by atoms with E-state index in [0.29, 0.717) is 24.5 Å². The molecule has 7 heteroatoms. The summed E-state index contributed by atoms with van der Waals surface area (Å²) in [5.41, 5.74) is 0.693. The van der Waals surface area contributed by atoms with Gasteiger partial charge >= 0.3 is 0 Å². The van der Waals surface area contributed by atoms with Gasteiger partial charge in [0.25, 0.3) is 5.91 Å². The second kappa shape index (κ2) is 6.08. The molecule has 0 saturated carbocycles. The minimum atomic E-state index is -3.52. The summed E-state index contributed by atoms with van der Waals surface area (Å²) in [7, 11) is -3.52. The van der Waals surface area contributed by atoms with Gasteiger partial charge in [0.15, 0.2) is 5.69 Å². The molecule has 2 rings (SSSR count). The molecule has 0 atom stereocenters. The Balaban J connectivity index is 2.59. The number of hydrogen-bond acceptors (Lipinski definition) is 4. The quantitative estimate of drug-likeness (QED) is 0.842. The van der Waals surface area contributed by atoms with E-state index in [1.165, 1.54) is 4.40 Å². The van der Waals surface area contributed by atoms with Crippen molar-refractivity contribution in [1.82, 2.24) is 14.3 Å². The van der Waals surface area contributed by atoms with Crippen LogP contribution in [0.4, 0.5) is 0 Å². The molecule has 0 aliphatic heterocycles. The number of pyridine rings is 1. The summed E-state index contributed by atoms with van der Waals surface area (Å²) in [5, 5.41) is -0.105. The van der Waals surface area contributed by atoms with Crippen LogP contribution in [0.2, 0.25) is 0 Å². The molecule has 2 heterocycles. The van der Waals surface area contributed by atoms with Crippen molar-refractivity contribution in [2.45, 2.75) is 25.9 Å². The lowest BCUT2D eigenvalue weighted by Crippen LogP contribution is -2.34. The largest absolute Gasteiger partial charge is 0.337 e. The average Bonchev–Trinajstić information content (AvgIpc) is 2.83. The molecule has 2 aromatic heterocycles. The molecule has 0 spiro atoms. The zero-order valence-electron chi connectivity index (χ0n) is 13.3. The first-order chi connectivity index (χ1) is 10.3. The first kappa shape index (κ1) is 16.5. The third-order valence-corrected chi connectivity index (χ3v) is 4.26. The van der Waals surface area contributed by atoms with Crippen molar-refractivity contribution in [3.63, 3.8) is 0 Å². The molecular formula is C15H21N3O3S. The average molecular weight is 323 g/mol.